The number of thiophene rings is 1. The van der Waals surface area contributed by atoms with Gasteiger partial charge in [-0.05, 0) is 44.8 Å². The molecular weight excluding hydrogens is 412 g/mol. The minimum Gasteiger partial charge on any atom is -0.377 e. The number of nitrogens with one attached hydrogen (secondary N) is 1. The Morgan fingerprint density at radius 2 is 2.30 bits per heavy atom. The van der Waals surface area contributed by atoms with Gasteiger partial charge >= 0.3 is 0 Å². The van der Waals surface area contributed by atoms with Gasteiger partial charge in [0.1, 0.15) is 6.04 Å². The molecule has 1 aromatic rings. The van der Waals surface area contributed by atoms with E-state index in [1.165, 1.54) is 11.3 Å². The summed E-state index contributed by atoms with van der Waals surface area (Å²) in [6, 6.07) is 1.20. The lowest BCUT2D eigenvalue weighted by molar-refractivity contribution is -0.130. The fourth-order valence-corrected chi connectivity index (χ4v) is 4.77. The van der Waals surface area contributed by atoms with E-state index in [1.807, 2.05) is 6.92 Å². The van der Waals surface area contributed by atoms with Crippen molar-refractivity contribution in [2.75, 3.05) is 26.3 Å². The smallest absolute Gasteiger partial charge is 0.256 e. The average Bonchev–Trinajstić information content (AvgIpc) is 2.77. The zero-order chi connectivity index (χ0) is 14.7. The minimum atomic E-state index is -0.568. The van der Waals surface area contributed by atoms with Gasteiger partial charge in [0, 0.05) is 13.1 Å². The summed E-state index contributed by atoms with van der Waals surface area (Å²) < 4.78 is 6.96. The van der Waals surface area contributed by atoms with Crippen molar-refractivity contribution in [3.05, 3.63) is 19.2 Å². The number of likely N-dealkylation sites (N-methyl/N-ethyl adjacent to an activating group) is 1. The Balaban J connectivity index is 2.21. The Morgan fingerprint density at radius 3 is 2.90 bits per heavy atom. The van der Waals surface area contributed by atoms with Gasteiger partial charge in [-0.25, -0.2) is 0 Å². The van der Waals surface area contributed by atoms with Crippen LogP contribution in [0.2, 0.25) is 0 Å². The highest BCUT2D eigenvalue weighted by Gasteiger charge is 2.34. The van der Waals surface area contributed by atoms with Crippen LogP contribution in [0.3, 0.4) is 0 Å². The van der Waals surface area contributed by atoms with E-state index in [1.54, 1.807) is 11.0 Å². The molecule has 0 radical (unpaired) electrons. The van der Waals surface area contributed by atoms with Crippen LogP contribution in [0, 0.1) is 0 Å². The molecule has 1 aliphatic rings. The first-order chi connectivity index (χ1) is 9.54. The van der Waals surface area contributed by atoms with Crippen molar-refractivity contribution in [1.82, 2.24) is 10.2 Å². The molecule has 2 amide bonds. The first kappa shape index (κ1) is 15.9. The molecule has 1 unspecified atom stereocenters. The summed E-state index contributed by atoms with van der Waals surface area (Å²) in [5.74, 6) is -0.329. The summed E-state index contributed by atoms with van der Waals surface area (Å²) in [6.07, 6.45) is 0. The van der Waals surface area contributed by atoms with Gasteiger partial charge in [-0.2, -0.15) is 0 Å². The largest absolute Gasteiger partial charge is 0.377 e. The molecule has 1 atom stereocenters. The molecule has 1 saturated heterocycles. The van der Waals surface area contributed by atoms with E-state index in [2.05, 4.69) is 37.2 Å². The van der Waals surface area contributed by atoms with Crippen LogP contribution in [0.1, 0.15) is 17.3 Å². The molecule has 2 rings (SSSR count). The summed E-state index contributed by atoms with van der Waals surface area (Å²) in [5, 5.41) is 2.74. The van der Waals surface area contributed by atoms with E-state index >= 15 is 0 Å². The first-order valence-electron chi connectivity index (χ1n) is 6.15. The number of hydrogen-bond donors (Lipinski definition) is 1. The molecule has 0 bridgehead atoms. The van der Waals surface area contributed by atoms with E-state index in [-0.39, 0.29) is 18.4 Å². The van der Waals surface area contributed by atoms with Crippen molar-refractivity contribution in [2.45, 2.75) is 13.0 Å². The number of rotatable bonds is 3. The van der Waals surface area contributed by atoms with Crippen molar-refractivity contribution in [3.8, 4) is 0 Å². The Bertz CT molecular complexity index is 521. The maximum absolute atomic E-state index is 12.6. The van der Waals surface area contributed by atoms with Gasteiger partial charge in [-0.15, -0.1) is 11.3 Å². The van der Waals surface area contributed by atoms with E-state index < -0.39 is 6.04 Å². The number of carbonyl (C=O) groups excluding carboxylic acids is 2. The van der Waals surface area contributed by atoms with E-state index in [4.69, 9.17) is 4.74 Å². The molecular formula is C12H14Br2N2O3S. The highest BCUT2D eigenvalue weighted by atomic mass is 79.9. The lowest BCUT2D eigenvalue weighted by Gasteiger charge is -2.34. The van der Waals surface area contributed by atoms with Crippen LogP contribution < -0.4 is 5.32 Å². The zero-order valence-electron chi connectivity index (χ0n) is 10.8. The first-order valence-corrected chi connectivity index (χ1v) is 8.56. The van der Waals surface area contributed by atoms with Crippen molar-refractivity contribution < 1.29 is 14.3 Å². The van der Waals surface area contributed by atoms with Crippen molar-refractivity contribution in [3.63, 3.8) is 0 Å². The second-order valence-electron chi connectivity index (χ2n) is 4.22. The zero-order valence-corrected chi connectivity index (χ0v) is 14.8. The lowest BCUT2D eigenvalue weighted by atomic mass is 10.1. The van der Waals surface area contributed by atoms with Crippen LogP contribution in [0.5, 0.6) is 0 Å². The van der Waals surface area contributed by atoms with Gasteiger partial charge in [-0.1, -0.05) is 0 Å². The minimum absolute atomic E-state index is 0.154. The van der Waals surface area contributed by atoms with Crippen LogP contribution in [-0.4, -0.2) is 49.1 Å². The monoisotopic (exact) mass is 424 g/mol. The number of carbonyl (C=O) groups is 2. The number of hydrogen-bond acceptors (Lipinski definition) is 4. The maximum atomic E-state index is 12.6. The molecule has 20 heavy (non-hydrogen) atoms. The number of amides is 2. The van der Waals surface area contributed by atoms with Gasteiger partial charge in [0.2, 0.25) is 5.91 Å². The molecule has 5 nitrogen and oxygen atoms in total. The van der Waals surface area contributed by atoms with Crippen LogP contribution in [0.4, 0.5) is 0 Å². The third kappa shape index (κ3) is 3.41. The molecule has 1 fully saturated rings. The molecule has 2 heterocycles. The molecule has 0 saturated carbocycles. The second-order valence-corrected chi connectivity index (χ2v) is 7.97. The SMILES string of the molecule is CCNC(=O)C1COCCN1C(=O)c1cc(Br)sc1Br. The molecule has 0 spiro atoms. The normalized spacial score (nSPS) is 18.9. The predicted molar refractivity (Wildman–Crippen MR) is 84.0 cm³/mol. The van der Waals surface area contributed by atoms with E-state index in [0.717, 1.165) is 7.57 Å². The Hall–Kier alpha value is -0.440. The lowest BCUT2D eigenvalue weighted by Crippen LogP contribution is -2.55. The van der Waals surface area contributed by atoms with Crippen molar-refractivity contribution in [2.24, 2.45) is 0 Å². The van der Waals surface area contributed by atoms with Gasteiger partial charge in [-0.3, -0.25) is 9.59 Å². The molecule has 1 aromatic heterocycles. The van der Waals surface area contributed by atoms with Gasteiger partial charge in [0.05, 0.1) is 26.4 Å². The topological polar surface area (TPSA) is 58.6 Å². The highest BCUT2D eigenvalue weighted by Crippen LogP contribution is 2.33. The van der Waals surface area contributed by atoms with Gasteiger partial charge in [0.15, 0.2) is 0 Å². The summed E-state index contributed by atoms with van der Waals surface area (Å²) in [4.78, 5) is 26.2. The summed E-state index contributed by atoms with van der Waals surface area (Å²) in [5.41, 5.74) is 0.568. The Morgan fingerprint density at radius 1 is 1.55 bits per heavy atom. The standard InChI is InChI=1S/C12H14Br2N2O3S/c1-2-15-11(17)8-6-19-4-3-16(8)12(18)7-5-9(13)20-10(7)14/h5,8H,2-4,6H2,1H3,(H,15,17). The van der Waals surface area contributed by atoms with Crippen LogP contribution in [0.15, 0.2) is 13.6 Å². The summed E-state index contributed by atoms with van der Waals surface area (Å²) in [7, 11) is 0. The predicted octanol–water partition coefficient (Wildman–Crippen LogP) is 2.25. The highest BCUT2D eigenvalue weighted by molar-refractivity contribution is 9.12. The van der Waals surface area contributed by atoms with E-state index in [0.29, 0.717) is 25.3 Å². The fraction of sp³-hybridized carbons (Fsp3) is 0.500. The quantitative estimate of drug-likeness (QED) is 0.807. The summed E-state index contributed by atoms with van der Waals surface area (Å²) in [6.45, 7) is 3.48. The molecule has 0 aromatic carbocycles. The third-order valence-corrected chi connectivity index (χ3v) is 5.27. The average molecular weight is 426 g/mol. The second kappa shape index (κ2) is 7.02. The van der Waals surface area contributed by atoms with Gasteiger partial charge in [0.25, 0.3) is 5.91 Å². The Labute approximate surface area is 137 Å². The molecule has 1 aliphatic heterocycles. The number of nitrogens with zero attached hydrogens (tertiary/aromatic N) is 1. The van der Waals surface area contributed by atoms with Crippen LogP contribution >= 0.6 is 43.2 Å². The van der Waals surface area contributed by atoms with Gasteiger partial charge < -0.3 is 15.0 Å². The maximum Gasteiger partial charge on any atom is 0.256 e. The van der Waals surface area contributed by atoms with Crippen molar-refractivity contribution in [1.29, 1.82) is 0 Å². The van der Waals surface area contributed by atoms with Crippen LogP contribution in [-0.2, 0) is 9.53 Å². The molecule has 1 N–H and O–H groups in total. The molecule has 8 heteroatoms. The van der Waals surface area contributed by atoms with Crippen molar-refractivity contribution >= 4 is 55.0 Å². The van der Waals surface area contributed by atoms with Crippen LogP contribution in [0.25, 0.3) is 0 Å². The third-order valence-electron chi connectivity index (χ3n) is 2.93. The number of ether oxygens (including phenoxy) is 1. The fourth-order valence-electron chi connectivity index (χ4n) is 2.00. The van der Waals surface area contributed by atoms with E-state index in [9.17, 15) is 9.59 Å². The molecule has 0 aliphatic carbocycles. The number of morpholine rings is 1. The molecule has 110 valence electrons. The number of halogens is 2. The summed E-state index contributed by atoms with van der Waals surface area (Å²) >= 11 is 8.17. The Kier molecular flexibility index (Phi) is 5.59.